The first kappa shape index (κ1) is 13.3. The standard InChI is InChI=1S/C14H23N3O/c1-18-14-12(8-5-9-16-14)13(17-15)10-11-6-3-2-4-7-11/h5,8-9,11,13,17H,2-4,6-7,10,15H2,1H3. The molecule has 18 heavy (non-hydrogen) atoms. The maximum Gasteiger partial charge on any atom is 0.217 e. The quantitative estimate of drug-likeness (QED) is 0.622. The highest BCUT2D eigenvalue weighted by Crippen LogP contribution is 2.33. The fourth-order valence-corrected chi connectivity index (χ4v) is 2.88. The average Bonchev–Trinajstić information content (AvgIpc) is 2.46. The van der Waals surface area contributed by atoms with Crippen LogP contribution in [0.3, 0.4) is 0 Å². The van der Waals surface area contributed by atoms with Gasteiger partial charge < -0.3 is 4.74 Å². The number of nitrogens with one attached hydrogen (secondary N) is 1. The van der Waals surface area contributed by atoms with Gasteiger partial charge in [-0.15, -0.1) is 0 Å². The third-order valence-electron chi connectivity index (χ3n) is 3.86. The summed E-state index contributed by atoms with van der Waals surface area (Å²) in [6, 6.07) is 4.11. The highest BCUT2D eigenvalue weighted by atomic mass is 16.5. The summed E-state index contributed by atoms with van der Waals surface area (Å²) in [5.41, 5.74) is 3.98. The fourth-order valence-electron chi connectivity index (χ4n) is 2.88. The van der Waals surface area contributed by atoms with E-state index in [1.165, 1.54) is 32.1 Å². The van der Waals surface area contributed by atoms with Crippen LogP contribution >= 0.6 is 0 Å². The van der Waals surface area contributed by atoms with E-state index in [1.807, 2.05) is 12.1 Å². The van der Waals surface area contributed by atoms with Crippen LogP contribution in [0.15, 0.2) is 18.3 Å². The van der Waals surface area contributed by atoms with Gasteiger partial charge in [-0.2, -0.15) is 0 Å². The first-order valence-corrected chi connectivity index (χ1v) is 6.80. The van der Waals surface area contributed by atoms with E-state index in [9.17, 15) is 0 Å². The van der Waals surface area contributed by atoms with Crippen molar-refractivity contribution < 1.29 is 4.74 Å². The Kier molecular flexibility index (Phi) is 4.96. The summed E-state index contributed by atoms with van der Waals surface area (Å²) in [6.07, 6.45) is 9.54. The Morgan fingerprint density at radius 1 is 1.44 bits per heavy atom. The van der Waals surface area contributed by atoms with Crippen molar-refractivity contribution in [3.05, 3.63) is 23.9 Å². The average molecular weight is 249 g/mol. The third kappa shape index (κ3) is 3.21. The first-order valence-electron chi connectivity index (χ1n) is 6.80. The van der Waals surface area contributed by atoms with Gasteiger partial charge in [-0.3, -0.25) is 11.3 Å². The minimum absolute atomic E-state index is 0.136. The maximum absolute atomic E-state index is 5.71. The van der Waals surface area contributed by atoms with Gasteiger partial charge in [-0.1, -0.05) is 38.2 Å². The Bertz CT molecular complexity index is 364. The molecule has 0 aromatic carbocycles. The Labute approximate surface area is 109 Å². The van der Waals surface area contributed by atoms with Gasteiger partial charge in [0, 0.05) is 11.8 Å². The van der Waals surface area contributed by atoms with Crippen LogP contribution in [0, 0.1) is 5.92 Å². The van der Waals surface area contributed by atoms with Crippen molar-refractivity contribution in [2.75, 3.05) is 7.11 Å². The maximum atomic E-state index is 5.71. The molecular formula is C14H23N3O. The minimum atomic E-state index is 0.136. The predicted octanol–water partition coefficient (Wildman–Crippen LogP) is 2.56. The summed E-state index contributed by atoms with van der Waals surface area (Å²) in [5, 5.41) is 0. The van der Waals surface area contributed by atoms with Crippen molar-refractivity contribution in [2.45, 2.75) is 44.6 Å². The first-order chi connectivity index (χ1) is 8.85. The van der Waals surface area contributed by atoms with Crippen molar-refractivity contribution in [3.63, 3.8) is 0 Å². The molecule has 0 amide bonds. The van der Waals surface area contributed by atoms with Gasteiger partial charge in [0.25, 0.3) is 0 Å². The number of aromatic nitrogens is 1. The Balaban J connectivity index is 2.07. The van der Waals surface area contributed by atoms with Crippen molar-refractivity contribution >= 4 is 0 Å². The molecule has 1 aromatic rings. The van der Waals surface area contributed by atoms with Crippen molar-refractivity contribution in [3.8, 4) is 5.88 Å². The Hall–Kier alpha value is -1.13. The molecule has 0 radical (unpaired) electrons. The lowest BCUT2D eigenvalue weighted by atomic mass is 9.83. The van der Waals surface area contributed by atoms with Crippen LogP contribution < -0.4 is 16.0 Å². The molecule has 100 valence electrons. The van der Waals surface area contributed by atoms with Crippen LogP contribution in [0.2, 0.25) is 0 Å². The van der Waals surface area contributed by atoms with E-state index in [-0.39, 0.29) is 6.04 Å². The lowest BCUT2D eigenvalue weighted by molar-refractivity contribution is 0.295. The molecule has 1 aromatic heterocycles. The number of hydrogen-bond acceptors (Lipinski definition) is 4. The molecule has 4 nitrogen and oxygen atoms in total. The van der Waals surface area contributed by atoms with Gasteiger partial charge in [0.2, 0.25) is 5.88 Å². The molecule has 3 N–H and O–H groups in total. The monoisotopic (exact) mass is 249 g/mol. The molecule has 0 saturated heterocycles. The summed E-state index contributed by atoms with van der Waals surface area (Å²) in [5.74, 6) is 7.16. The van der Waals surface area contributed by atoms with Gasteiger partial charge in [-0.25, -0.2) is 4.98 Å². The van der Waals surface area contributed by atoms with E-state index < -0.39 is 0 Å². The van der Waals surface area contributed by atoms with Crippen LogP contribution in [-0.4, -0.2) is 12.1 Å². The molecule has 1 saturated carbocycles. The van der Waals surface area contributed by atoms with Gasteiger partial charge in [0.1, 0.15) is 0 Å². The fraction of sp³-hybridized carbons (Fsp3) is 0.643. The number of nitrogens with zero attached hydrogens (tertiary/aromatic N) is 1. The zero-order valence-corrected chi connectivity index (χ0v) is 11.1. The van der Waals surface area contributed by atoms with Crippen molar-refractivity contribution in [1.29, 1.82) is 0 Å². The lowest BCUT2D eigenvalue weighted by Crippen LogP contribution is -2.30. The molecule has 1 aliphatic carbocycles. The normalized spacial score (nSPS) is 18.6. The highest BCUT2D eigenvalue weighted by Gasteiger charge is 2.21. The third-order valence-corrected chi connectivity index (χ3v) is 3.86. The second kappa shape index (κ2) is 6.71. The molecule has 1 unspecified atom stereocenters. The summed E-state index contributed by atoms with van der Waals surface area (Å²) >= 11 is 0. The summed E-state index contributed by atoms with van der Waals surface area (Å²) in [6.45, 7) is 0. The minimum Gasteiger partial charge on any atom is -0.481 e. The molecule has 0 bridgehead atoms. The number of rotatable bonds is 5. The van der Waals surface area contributed by atoms with E-state index in [1.54, 1.807) is 13.3 Å². The molecule has 1 atom stereocenters. The molecule has 1 fully saturated rings. The number of ether oxygens (including phenoxy) is 1. The molecule has 0 spiro atoms. The van der Waals surface area contributed by atoms with Crippen molar-refractivity contribution in [2.24, 2.45) is 11.8 Å². The summed E-state index contributed by atoms with van der Waals surface area (Å²) < 4.78 is 5.31. The number of pyridine rings is 1. The van der Waals surface area contributed by atoms with Crippen LogP contribution in [0.5, 0.6) is 5.88 Å². The van der Waals surface area contributed by atoms with Gasteiger partial charge in [0.15, 0.2) is 0 Å². The molecule has 2 rings (SSSR count). The van der Waals surface area contributed by atoms with Gasteiger partial charge in [0.05, 0.1) is 13.2 Å². The summed E-state index contributed by atoms with van der Waals surface area (Å²) in [7, 11) is 1.65. The van der Waals surface area contributed by atoms with E-state index in [0.29, 0.717) is 5.88 Å². The molecule has 1 heterocycles. The van der Waals surface area contributed by atoms with Crippen molar-refractivity contribution in [1.82, 2.24) is 10.4 Å². The smallest absolute Gasteiger partial charge is 0.217 e. The molecule has 0 aliphatic heterocycles. The van der Waals surface area contributed by atoms with E-state index in [0.717, 1.165) is 17.9 Å². The van der Waals surface area contributed by atoms with Gasteiger partial charge in [-0.05, 0) is 18.4 Å². The predicted molar refractivity (Wildman–Crippen MR) is 72.0 cm³/mol. The van der Waals surface area contributed by atoms with E-state index in [4.69, 9.17) is 10.6 Å². The number of nitrogens with two attached hydrogens (primary N) is 1. The van der Waals surface area contributed by atoms with Crippen LogP contribution in [0.1, 0.15) is 50.1 Å². The largest absolute Gasteiger partial charge is 0.481 e. The molecular weight excluding hydrogens is 226 g/mol. The van der Waals surface area contributed by atoms with E-state index in [2.05, 4.69) is 10.4 Å². The van der Waals surface area contributed by atoms with Crippen LogP contribution in [0.4, 0.5) is 0 Å². The van der Waals surface area contributed by atoms with E-state index >= 15 is 0 Å². The second-order valence-corrected chi connectivity index (χ2v) is 5.06. The number of methoxy groups -OCH3 is 1. The topological polar surface area (TPSA) is 60.2 Å². The van der Waals surface area contributed by atoms with Crippen LogP contribution in [0.25, 0.3) is 0 Å². The Morgan fingerprint density at radius 2 is 2.22 bits per heavy atom. The lowest BCUT2D eigenvalue weighted by Gasteiger charge is -2.26. The zero-order chi connectivity index (χ0) is 12.8. The number of hydrogen-bond donors (Lipinski definition) is 2. The number of hydrazine groups is 1. The SMILES string of the molecule is COc1ncccc1C(CC1CCCCC1)NN. The highest BCUT2D eigenvalue weighted by molar-refractivity contribution is 5.28. The molecule has 1 aliphatic rings. The Morgan fingerprint density at radius 3 is 2.89 bits per heavy atom. The van der Waals surface area contributed by atoms with Gasteiger partial charge >= 0.3 is 0 Å². The summed E-state index contributed by atoms with van der Waals surface area (Å²) in [4.78, 5) is 4.24. The molecule has 4 heteroatoms. The zero-order valence-electron chi connectivity index (χ0n) is 11.1. The second-order valence-electron chi connectivity index (χ2n) is 5.06. The van der Waals surface area contributed by atoms with Crippen LogP contribution in [-0.2, 0) is 0 Å².